The van der Waals surface area contributed by atoms with Crippen molar-refractivity contribution < 1.29 is 9.13 Å². The van der Waals surface area contributed by atoms with Crippen LogP contribution in [-0.2, 0) is 0 Å². The van der Waals surface area contributed by atoms with Crippen molar-refractivity contribution in [1.82, 2.24) is 4.57 Å². The number of nitrogen functional groups attached to an aromatic ring is 1. The Hall–Kier alpha value is -2.48. The van der Waals surface area contributed by atoms with E-state index in [1.54, 1.807) is 22.9 Å². The van der Waals surface area contributed by atoms with Crippen molar-refractivity contribution in [2.45, 2.75) is 20.0 Å². The van der Waals surface area contributed by atoms with Gasteiger partial charge in [-0.25, -0.2) is 4.39 Å². The maximum Gasteiger partial charge on any atom is 0.167 e. The number of aromatic nitrogens is 1. The van der Waals surface area contributed by atoms with Gasteiger partial charge in [0, 0.05) is 18.3 Å². The van der Waals surface area contributed by atoms with Crippen LogP contribution < -0.4 is 10.5 Å². The van der Waals surface area contributed by atoms with Gasteiger partial charge in [0.2, 0.25) is 0 Å². The fourth-order valence-corrected chi connectivity index (χ4v) is 1.79. The Labute approximate surface area is 110 Å². The fraction of sp³-hybridized carbons (Fsp3) is 0.214. The van der Waals surface area contributed by atoms with Crippen molar-refractivity contribution in [3.05, 3.63) is 42.0 Å². The van der Waals surface area contributed by atoms with Gasteiger partial charge >= 0.3 is 0 Å². The lowest BCUT2D eigenvalue weighted by molar-refractivity contribution is 0.231. The highest BCUT2D eigenvalue weighted by atomic mass is 19.1. The zero-order chi connectivity index (χ0) is 14.0. The summed E-state index contributed by atoms with van der Waals surface area (Å²) in [6.07, 6.45) is 1.55. The van der Waals surface area contributed by atoms with Gasteiger partial charge in [0.1, 0.15) is 11.8 Å². The summed E-state index contributed by atoms with van der Waals surface area (Å²) in [7, 11) is 0. The minimum atomic E-state index is -0.513. The lowest BCUT2D eigenvalue weighted by atomic mass is 10.2. The van der Waals surface area contributed by atoms with Gasteiger partial charge < -0.3 is 15.0 Å². The summed E-state index contributed by atoms with van der Waals surface area (Å²) in [5.41, 5.74) is 7.01. The second-order valence-corrected chi connectivity index (χ2v) is 4.38. The Bertz CT molecular complexity index is 641. The largest absolute Gasteiger partial charge is 0.488 e. The average molecular weight is 259 g/mol. The van der Waals surface area contributed by atoms with Crippen molar-refractivity contribution >= 4 is 5.69 Å². The molecule has 0 bridgehead atoms. The first-order chi connectivity index (χ1) is 9.02. The lowest BCUT2D eigenvalue weighted by Crippen LogP contribution is -2.09. The molecular weight excluding hydrogens is 245 g/mol. The fourth-order valence-electron chi connectivity index (χ4n) is 1.79. The molecular formula is C14H14FN3O. The topological polar surface area (TPSA) is 64.0 Å². The first kappa shape index (κ1) is 13.0. The molecule has 1 aromatic heterocycles. The van der Waals surface area contributed by atoms with Crippen LogP contribution in [0, 0.1) is 17.1 Å². The van der Waals surface area contributed by atoms with E-state index in [2.05, 4.69) is 0 Å². The maximum atomic E-state index is 13.7. The van der Waals surface area contributed by atoms with Gasteiger partial charge in [-0.3, -0.25) is 0 Å². The standard InChI is InChI=1S/C14H14FN3O/c1-9(2)19-14-7-13(12(17)6-11(14)15)18-5-3-4-10(18)8-16/h3-7,9H,17H2,1-2H3. The Morgan fingerprint density at radius 2 is 2.16 bits per heavy atom. The highest BCUT2D eigenvalue weighted by molar-refractivity contribution is 5.62. The molecule has 4 nitrogen and oxygen atoms in total. The number of hydrogen-bond donors (Lipinski definition) is 1. The molecule has 19 heavy (non-hydrogen) atoms. The zero-order valence-corrected chi connectivity index (χ0v) is 10.7. The van der Waals surface area contributed by atoms with E-state index in [1.165, 1.54) is 12.1 Å². The molecule has 0 saturated heterocycles. The number of ether oxygens (including phenoxy) is 1. The number of halogens is 1. The molecule has 0 fully saturated rings. The third-order valence-electron chi connectivity index (χ3n) is 2.57. The van der Waals surface area contributed by atoms with Crippen LogP contribution in [0.15, 0.2) is 30.5 Å². The molecule has 2 rings (SSSR count). The summed E-state index contributed by atoms with van der Waals surface area (Å²) < 4.78 is 20.7. The lowest BCUT2D eigenvalue weighted by Gasteiger charge is -2.15. The number of anilines is 1. The number of nitriles is 1. The monoisotopic (exact) mass is 259 g/mol. The molecule has 0 amide bonds. The molecule has 1 heterocycles. The predicted molar refractivity (Wildman–Crippen MR) is 70.6 cm³/mol. The van der Waals surface area contributed by atoms with Crippen molar-refractivity contribution in [2.75, 3.05) is 5.73 Å². The summed E-state index contributed by atoms with van der Waals surface area (Å²) in [5.74, 6) is -0.391. The van der Waals surface area contributed by atoms with E-state index >= 15 is 0 Å². The minimum Gasteiger partial charge on any atom is -0.488 e. The molecule has 5 heteroatoms. The van der Waals surface area contributed by atoms with E-state index in [1.807, 2.05) is 19.9 Å². The summed E-state index contributed by atoms with van der Waals surface area (Å²) in [4.78, 5) is 0. The molecule has 2 N–H and O–H groups in total. The SMILES string of the molecule is CC(C)Oc1cc(-n2cccc2C#N)c(N)cc1F. The summed E-state index contributed by atoms with van der Waals surface area (Å²) in [5, 5.41) is 9.01. The Morgan fingerprint density at radius 3 is 2.79 bits per heavy atom. The van der Waals surface area contributed by atoms with Crippen LogP contribution in [0.5, 0.6) is 5.75 Å². The number of rotatable bonds is 3. The van der Waals surface area contributed by atoms with E-state index in [0.29, 0.717) is 11.4 Å². The number of nitrogens with two attached hydrogens (primary N) is 1. The summed E-state index contributed by atoms with van der Waals surface area (Å²) in [6, 6.07) is 8.14. The van der Waals surface area contributed by atoms with Crippen LogP contribution >= 0.6 is 0 Å². The van der Waals surface area contributed by atoms with Gasteiger partial charge in [-0.15, -0.1) is 0 Å². The molecule has 98 valence electrons. The summed E-state index contributed by atoms with van der Waals surface area (Å²) >= 11 is 0. The van der Waals surface area contributed by atoms with Crippen LogP contribution in [0.25, 0.3) is 5.69 Å². The van der Waals surface area contributed by atoms with E-state index in [0.717, 1.165) is 0 Å². The highest BCUT2D eigenvalue weighted by Crippen LogP contribution is 2.28. The van der Waals surface area contributed by atoms with Crippen LogP contribution in [0.4, 0.5) is 10.1 Å². The molecule has 1 aromatic carbocycles. The quantitative estimate of drug-likeness (QED) is 0.862. The van der Waals surface area contributed by atoms with Gasteiger partial charge in [0.15, 0.2) is 11.6 Å². The first-order valence-corrected chi connectivity index (χ1v) is 5.86. The number of benzene rings is 1. The van der Waals surface area contributed by atoms with Crippen molar-refractivity contribution in [2.24, 2.45) is 0 Å². The smallest absolute Gasteiger partial charge is 0.167 e. The summed E-state index contributed by atoms with van der Waals surface area (Å²) in [6.45, 7) is 3.62. The third kappa shape index (κ3) is 2.52. The second kappa shape index (κ2) is 5.02. The molecule has 0 aliphatic carbocycles. The number of nitrogens with zero attached hydrogens (tertiary/aromatic N) is 2. The number of hydrogen-bond acceptors (Lipinski definition) is 3. The Balaban J connectivity index is 2.55. The minimum absolute atomic E-state index is 0.122. The van der Waals surface area contributed by atoms with Gasteiger partial charge in [-0.2, -0.15) is 5.26 Å². The van der Waals surface area contributed by atoms with E-state index in [4.69, 9.17) is 15.7 Å². The molecule has 0 aliphatic heterocycles. The molecule has 0 atom stereocenters. The van der Waals surface area contributed by atoms with Crippen LogP contribution in [0.1, 0.15) is 19.5 Å². The van der Waals surface area contributed by atoms with Crippen molar-refractivity contribution in [1.29, 1.82) is 5.26 Å². The highest BCUT2D eigenvalue weighted by Gasteiger charge is 2.13. The second-order valence-electron chi connectivity index (χ2n) is 4.38. The molecule has 0 saturated carbocycles. The predicted octanol–water partition coefficient (Wildman–Crippen LogP) is 2.86. The Morgan fingerprint density at radius 1 is 1.42 bits per heavy atom. The van der Waals surface area contributed by atoms with E-state index < -0.39 is 5.82 Å². The Kier molecular flexibility index (Phi) is 3.43. The van der Waals surface area contributed by atoms with Crippen LogP contribution in [-0.4, -0.2) is 10.7 Å². The average Bonchev–Trinajstić information content (AvgIpc) is 2.80. The molecule has 0 spiro atoms. The molecule has 2 aromatic rings. The van der Waals surface area contributed by atoms with Gasteiger partial charge in [0.25, 0.3) is 0 Å². The first-order valence-electron chi connectivity index (χ1n) is 5.86. The maximum absolute atomic E-state index is 13.7. The molecule has 0 aliphatic rings. The normalized spacial score (nSPS) is 10.5. The zero-order valence-electron chi connectivity index (χ0n) is 10.7. The molecule has 0 unspecified atom stereocenters. The van der Waals surface area contributed by atoms with Gasteiger partial charge in [0.05, 0.1) is 17.5 Å². The van der Waals surface area contributed by atoms with Gasteiger partial charge in [-0.05, 0) is 26.0 Å². The van der Waals surface area contributed by atoms with E-state index in [9.17, 15) is 4.39 Å². The third-order valence-corrected chi connectivity index (χ3v) is 2.57. The van der Waals surface area contributed by atoms with Crippen molar-refractivity contribution in [3.63, 3.8) is 0 Å². The molecule has 0 radical (unpaired) electrons. The van der Waals surface area contributed by atoms with Crippen LogP contribution in [0.2, 0.25) is 0 Å². The van der Waals surface area contributed by atoms with E-state index in [-0.39, 0.29) is 17.5 Å². The van der Waals surface area contributed by atoms with Gasteiger partial charge in [-0.1, -0.05) is 0 Å². The van der Waals surface area contributed by atoms with Crippen molar-refractivity contribution in [3.8, 4) is 17.5 Å². The van der Waals surface area contributed by atoms with Crippen LogP contribution in [0.3, 0.4) is 0 Å².